The van der Waals surface area contributed by atoms with Crippen LogP contribution in [0, 0.1) is 0 Å². The molecule has 140 valence electrons. The molecule has 0 aliphatic carbocycles. The van der Waals surface area contributed by atoms with E-state index in [4.69, 9.17) is 32.7 Å². The first-order valence-electron chi connectivity index (χ1n) is 7.79. The number of carbonyl (C=O) groups excluding carboxylic acids is 1. The predicted molar refractivity (Wildman–Crippen MR) is 98.9 cm³/mol. The molecule has 0 saturated carbocycles. The number of halogens is 2. The second kappa shape index (κ2) is 7.96. The van der Waals surface area contributed by atoms with Crippen LogP contribution in [0.1, 0.15) is 5.56 Å². The number of para-hydroxylation sites is 1. The number of nitrogens with zero attached hydrogens (tertiary/aromatic N) is 3. The van der Waals surface area contributed by atoms with Crippen molar-refractivity contribution in [2.24, 2.45) is 0 Å². The van der Waals surface area contributed by atoms with Crippen molar-refractivity contribution in [1.82, 2.24) is 14.8 Å². The number of ether oxygens (including phenoxy) is 2. The number of hydrogen-bond acceptors (Lipinski definition) is 6. The molecule has 0 saturated heterocycles. The van der Waals surface area contributed by atoms with Crippen molar-refractivity contribution in [2.75, 3.05) is 7.11 Å². The Morgan fingerprint density at radius 3 is 2.63 bits per heavy atom. The van der Waals surface area contributed by atoms with Crippen LogP contribution in [0.25, 0.3) is 0 Å². The van der Waals surface area contributed by atoms with Gasteiger partial charge in [-0.1, -0.05) is 41.4 Å². The maximum absolute atomic E-state index is 12.3. The number of hydrogen-bond donors (Lipinski definition) is 1. The summed E-state index contributed by atoms with van der Waals surface area (Å²) >= 11 is 12.4. The van der Waals surface area contributed by atoms with Gasteiger partial charge in [0.05, 0.1) is 23.7 Å². The first-order valence-corrected chi connectivity index (χ1v) is 8.55. The molecule has 0 aliphatic rings. The summed E-state index contributed by atoms with van der Waals surface area (Å²) in [4.78, 5) is 16.1. The van der Waals surface area contributed by atoms with Gasteiger partial charge < -0.3 is 14.6 Å². The van der Waals surface area contributed by atoms with Gasteiger partial charge in [-0.05, 0) is 24.3 Å². The first-order chi connectivity index (χ1) is 12.9. The van der Waals surface area contributed by atoms with Gasteiger partial charge in [-0.15, -0.1) is 0 Å². The summed E-state index contributed by atoms with van der Waals surface area (Å²) in [6.07, 6.45) is 2.66. The average Bonchev–Trinajstić information content (AvgIpc) is 3.15. The normalized spacial score (nSPS) is 13.0. The molecular weight excluding hydrogens is 393 g/mol. The van der Waals surface area contributed by atoms with Crippen LogP contribution in [0.4, 0.5) is 0 Å². The standard InChI is InChI=1S/C18H15Cl2N3O4/c1-26-17(24)18(25,9-23-11-21-10-22-23)13-7-6-12(8-15(13)20)27-16-5-3-2-4-14(16)19/h2-8,10-11,25H,9H2,1H3. The highest BCUT2D eigenvalue weighted by molar-refractivity contribution is 6.32. The maximum atomic E-state index is 12.3. The predicted octanol–water partition coefficient (Wildman–Crippen LogP) is 3.44. The second-order valence-electron chi connectivity index (χ2n) is 5.62. The third-order valence-corrected chi connectivity index (χ3v) is 4.46. The highest BCUT2D eigenvalue weighted by atomic mass is 35.5. The molecule has 3 aromatic rings. The van der Waals surface area contributed by atoms with Gasteiger partial charge in [0.25, 0.3) is 0 Å². The Bertz CT molecular complexity index is 950. The summed E-state index contributed by atoms with van der Waals surface area (Å²) in [5.74, 6) is -0.0293. The average molecular weight is 408 g/mol. The summed E-state index contributed by atoms with van der Waals surface area (Å²) in [7, 11) is 1.18. The molecule has 0 amide bonds. The van der Waals surface area contributed by atoms with E-state index in [0.717, 1.165) is 0 Å². The number of carbonyl (C=O) groups is 1. The van der Waals surface area contributed by atoms with E-state index in [9.17, 15) is 9.90 Å². The number of rotatable bonds is 6. The lowest BCUT2D eigenvalue weighted by molar-refractivity contribution is -0.165. The molecule has 0 fully saturated rings. The van der Waals surface area contributed by atoms with Crippen LogP contribution in [-0.4, -0.2) is 33.0 Å². The molecule has 1 atom stereocenters. The Balaban J connectivity index is 1.94. The Morgan fingerprint density at radius 2 is 2.00 bits per heavy atom. The summed E-state index contributed by atoms with van der Waals surface area (Å²) in [6, 6.07) is 11.5. The molecule has 1 unspecified atom stereocenters. The minimum atomic E-state index is -2.05. The van der Waals surface area contributed by atoms with Crippen LogP contribution >= 0.6 is 23.2 Å². The lowest BCUT2D eigenvalue weighted by Crippen LogP contribution is -2.41. The summed E-state index contributed by atoms with van der Waals surface area (Å²) < 4.78 is 11.8. The van der Waals surface area contributed by atoms with Crippen molar-refractivity contribution in [3.63, 3.8) is 0 Å². The molecule has 2 aromatic carbocycles. The first kappa shape index (κ1) is 19.2. The molecule has 0 radical (unpaired) electrons. The summed E-state index contributed by atoms with van der Waals surface area (Å²) in [5, 5.41) is 15.5. The van der Waals surface area contributed by atoms with E-state index in [0.29, 0.717) is 16.5 Å². The summed E-state index contributed by atoms with van der Waals surface area (Å²) in [5.41, 5.74) is -1.90. The number of esters is 1. The van der Waals surface area contributed by atoms with Gasteiger partial charge in [0, 0.05) is 5.56 Å². The van der Waals surface area contributed by atoms with Crippen molar-refractivity contribution >= 4 is 29.2 Å². The van der Waals surface area contributed by atoms with Crippen LogP contribution in [0.3, 0.4) is 0 Å². The van der Waals surface area contributed by atoms with Crippen LogP contribution in [0.15, 0.2) is 55.1 Å². The van der Waals surface area contributed by atoms with Crippen LogP contribution in [0.2, 0.25) is 10.0 Å². The monoisotopic (exact) mass is 407 g/mol. The van der Waals surface area contributed by atoms with Crippen molar-refractivity contribution in [1.29, 1.82) is 0 Å². The van der Waals surface area contributed by atoms with Crippen LogP contribution in [0.5, 0.6) is 11.5 Å². The molecule has 0 spiro atoms. The zero-order valence-electron chi connectivity index (χ0n) is 14.2. The van der Waals surface area contributed by atoms with Crippen molar-refractivity contribution in [2.45, 2.75) is 12.1 Å². The fraction of sp³-hybridized carbons (Fsp3) is 0.167. The molecule has 7 nitrogen and oxygen atoms in total. The molecule has 1 N–H and O–H groups in total. The van der Waals surface area contributed by atoms with Gasteiger partial charge in [0.2, 0.25) is 5.60 Å². The molecule has 1 aromatic heterocycles. The lowest BCUT2D eigenvalue weighted by atomic mass is 9.93. The molecule has 3 rings (SSSR count). The van der Waals surface area contributed by atoms with Gasteiger partial charge in [0.15, 0.2) is 0 Å². The van der Waals surface area contributed by atoms with Crippen LogP contribution < -0.4 is 4.74 Å². The Morgan fingerprint density at radius 1 is 1.22 bits per heavy atom. The van der Waals surface area contributed by atoms with Gasteiger partial charge in [-0.2, -0.15) is 5.10 Å². The minimum Gasteiger partial charge on any atom is -0.467 e. The topological polar surface area (TPSA) is 86.5 Å². The third-order valence-electron chi connectivity index (χ3n) is 3.83. The number of aliphatic hydroxyl groups is 1. The SMILES string of the molecule is COC(=O)C(O)(Cn1cncn1)c1ccc(Oc2ccccc2Cl)cc1Cl. The molecule has 0 aliphatic heterocycles. The van der Waals surface area contributed by atoms with E-state index in [1.165, 1.54) is 36.6 Å². The van der Waals surface area contributed by atoms with E-state index >= 15 is 0 Å². The maximum Gasteiger partial charge on any atom is 0.344 e. The van der Waals surface area contributed by atoms with Crippen molar-refractivity contribution in [3.8, 4) is 11.5 Å². The molecule has 9 heteroatoms. The van der Waals surface area contributed by atoms with E-state index in [-0.39, 0.29) is 17.1 Å². The van der Waals surface area contributed by atoms with Gasteiger partial charge in [-0.25, -0.2) is 14.5 Å². The number of methoxy groups -OCH3 is 1. The van der Waals surface area contributed by atoms with E-state index < -0.39 is 11.6 Å². The van der Waals surface area contributed by atoms with Crippen molar-refractivity contribution < 1.29 is 19.4 Å². The van der Waals surface area contributed by atoms with Gasteiger partial charge >= 0.3 is 5.97 Å². The zero-order chi connectivity index (χ0) is 19.4. The largest absolute Gasteiger partial charge is 0.467 e. The minimum absolute atomic E-state index is 0.118. The summed E-state index contributed by atoms with van der Waals surface area (Å²) in [6.45, 7) is -0.218. The highest BCUT2D eigenvalue weighted by Crippen LogP contribution is 2.36. The Hall–Kier alpha value is -2.61. The highest BCUT2D eigenvalue weighted by Gasteiger charge is 2.42. The van der Waals surface area contributed by atoms with Gasteiger partial charge in [-0.3, -0.25) is 0 Å². The molecule has 1 heterocycles. The second-order valence-corrected chi connectivity index (χ2v) is 6.43. The Kier molecular flexibility index (Phi) is 5.65. The smallest absolute Gasteiger partial charge is 0.344 e. The zero-order valence-corrected chi connectivity index (χ0v) is 15.7. The van der Waals surface area contributed by atoms with Crippen molar-refractivity contribution in [3.05, 3.63) is 70.7 Å². The molecular formula is C18H15Cl2N3O4. The quantitative estimate of drug-likeness (QED) is 0.629. The van der Waals surface area contributed by atoms with Crippen LogP contribution in [-0.2, 0) is 21.7 Å². The molecule has 27 heavy (non-hydrogen) atoms. The van der Waals surface area contributed by atoms with E-state index in [1.54, 1.807) is 30.3 Å². The van der Waals surface area contributed by atoms with Gasteiger partial charge in [0.1, 0.15) is 24.2 Å². The van der Waals surface area contributed by atoms with E-state index in [1.807, 2.05) is 0 Å². The fourth-order valence-corrected chi connectivity index (χ4v) is 3.03. The lowest BCUT2D eigenvalue weighted by Gasteiger charge is -2.26. The fourth-order valence-electron chi connectivity index (χ4n) is 2.53. The number of aromatic nitrogens is 3. The number of benzene rings is 2. The van der Waals surface area contributed by atoms with E-state index in [2.05, 4.69) is 10.1 Å². The third kappa shape index (κ3) is 4.05. The molecule has 0 bridgehead atoms. The Labute approximate surface area is 165 Å².